The molecule has 0 saturated carbocycles. The fourth-order valence-electron chi connectivity index (χ4n) is 5.85. The van der Waals surface area contributed by atoms with Crippen molar-refractivity contribution in [1.29, 1.82) is 0 Å². The first-order chi connectivity index (χ1) is 20.4. The summed E-state index contributed by atoms with van der Waals surface area (Å²) in [7, 11) is 0. The molecule has 6 aromatic carbocycles. The minimum absolute atomic E-state index is 0.0141. The van der Waals surface area contributed by atoms with Gasteiger partial charge in [-0.15, -0.1) is 0 Å². The second-order valence-electron chi connectivity index (χ2n) is 10.2. The Hall–Kier alpha value is -4.78. The maximum Gasteiger partial charge on any atom is 0.231 e. The van der Waals surface area contributed by atoms with Crippen LogP contribution in [0.15, 0.2) is 84.9 Å². The predicted molar refractivity (Wildman–Crippen MR) is 163 cm³/mol. The molecule has 0 aromatic heterocycles. The summed E-state index contributed by atoms with van der Waals surface area (Å²) in [6.07, 6.45) is 0. The number of phenolic OH excluding ortho intramolecular Hbond substituents is 2. The molecule has 0 fully saturated rings. The van der Waals surface area contributed by atoms with Crippen molar-refractivity contribution in [2.45, 2.75) is 0 Å². The third-order valence-electron chi connectivity index (χ3n) is 7.78. The molecule has 2 aliphatic heterocycles. The summed E-state index contributed by atoms with van der Waals surface area (Å²) in [6, 6.07) is 25.7. The molecule has 0 atom stereocenters. The van der Waals surface area contributed by atoms with Gasteiger partial charge in [-0.25, -0.2) is 0 Å². The van der Waals surface area contributed by atoms with Crippen molar-refractivity contribution in [2.24, 2.45) is 0 Å². The molecule has 42 heavy (non-hydrogen) atoms. The van der Waals surface area contributed by atoms with Gasteiger partial charge in [0.15, 0.2) is 23.0 Å². The zero-order valence-electron chi connectivity index (χ0n) is 21.8. The number of aromatic hydroxyl groups is 2. The second kappa shape index (κ2) is 9.38. The number of benzene rings is 6. The van der Waals surface area contributed by atoms with Crippen LogP contribution in [-0.2, 0) is 0 Å². The first kappa shape index (κ1) is 25.0. The fraction of sp³-hybridized carbons (Fsp3) is 0.0588. The molecule has 0 unspecified atom stereocenters. The van der Waals surface area contributed by atoms with Crippen molar-refractivity contribution in [1.82, 2.24) is 0 Å². The molecule has 0 spiro atoms. The second-order valence-corrected chi connectivity index (χ2v) is 11.0. The lowest BCUT2D eigenvalue weighted by Gasteiger charge is -2.19. The summed E-state index contributed by atoms with van der Waals surface area (Å²) in [4.78, 5) is 0. The number of ether oxygens (including phenoxy) is 4. The van der Waals surface area contributed by atoms with Gasteiger partial charge >= 0.3 is 0 Å². The highest BCUT2D eigenvalue weighted by atomic mass is 35.5. The van der Waals surface area contributed by atoms with Crippen LogP contribution in [0.5, 0.6) is 34.5 Å². The lowest BCUT2D eigenvalue weighted by molar-refractivity contribution is 0.173. The summed E-state index contributed by atoms with van der Waals surface area (Å²) in [6.45, 7) is 0.188. The van der Waals surface area contributed by atoms with Crippen LogP contribution < -0.4 is 18.9 Å². The van der Waals surface area contributed by atoms with Gasteiger partial charge in [0.25, 0.3) is 0 Å². The highest BCUT2D eigenvalue weighted by molar-refractivity contribution is 6.31. The molecule has 0 bridgehead atoms. The van der Waals surface area contributed by atoms with Crippen molar-refractivity contribution in [3.8, 4) is 67.9 Å². The van der Waals surface area contributed by atoms with Gasteiger partial charge in [0.2, 0.25) is 13.6 Å². The first-order valence-corrected chi connectivity index (χ1v) is 13.9. The van der Waals surface area contributed by atoms with Crippen LogP contribution in [-0.4, -0.2) is 23.8 Å². The van der Waals surface area contributed by atoms with E-state index in [1.165, 1.54) is 0 Å². The number of phenols is 2. The molecule has 8 heteroatoms. The van der Waals surface area contributed by atoms with E-state index in [0.29, 0.717) is 54.9 Å². The maximum absolute atomic E-state index is 11.7. The molecule has 206 valence electrons. The van der Waals surface area contributed by atoms with Crippen molar-refractivity contribution in [3.05, 3.63) is 95.0 Å². The van der Waals surface area contributed by atoms with E-state index in [1.54, 1.807) is 36.4 Å². The van der Waals surface area contributed by atoms with Crippen LogP contribution in [0.4, 0.5) is 0 Å². The van der Waals surface area contributed by atoms with Gasteiger partial charge in [-0.05, 0) is 104 Å². The predicted octanol–water partition coefficient (Wildman–Crippen LogP) is 9.17. The van der Waals surface area contributed by atoms with Crippen LogP contribution in [0.3, 0.4) is 0 Å². The first-order valence-electron chi connectivity index (χ1n) is 13.2. The van der Waals surface area contributed by atoms with Gasteiger partial charge in [0.05, 0.1) is 0 Å². The molecular formula is C34H20Cl2O6. The Kier molecular flexibility index (Phi) is 5.58. The molecule has 8 rings (SSSR count). The average molecular weight is 595 g/mol. The van der Waals surface area contributed by atoms with E-state index in [0.717, 1.165) is 33.0 Å². The normalized spacial score (nSPS) is 13.3. The maximum atomic E-state index is 11.7. The molecule has 0 aliphatic carbocycles. The van der Waals surface area contributed by atoms with Crippen molar-refractivity contribution in [3.63, 3.8) is 0 Å². The Morgan fingerprint density at radius 2 is 0.786 bits per heavy atom. The topological polar surface area (TPSA) is 77.4 Å². The van der Waals surface area contributed by atoms with E-state index in [4.69, 9.17) is 42.1 Å². The van der Waals surface area contributed by atoms with Gasteiger partial charge < -0.3 is 29.2 Å². The van der Waals surface area contributed by atoms with Crippen LogP contribution in [0, 0.1) is 0 Å². The van der Waals surface area contributed by atoms with Gasteiger partial charge in [0.1, 0.15) is 11.5 Å². The molecule has 6 aromatic rings. The zero-order valence-corrected chi connectivity index (χ0v) is 23.3. The Balaban J connectivity index is 1.47. The van der Waals surface area contributed by atoms with Crippen molar-refractivity contribution in [2.75, 3.05) is 13.6 Å². The van der Waals surface area contributed by atoms with Crippen LogP contribution in [0.2, 0.25) is 10.0 Å². The Morgan fingerprint density at radius 1 is 0.452 bits per heavy atom. The number of halogens is 2. The number of hydrogen-bond donors (Lipinski definition) is 2. The molecule has 0 radical (unpaired) electrons. The Morgan fingerprint density at radius 3 is 1.14 bits per heavy atom. The number of rotatable bonds is 3. The van der Waals surface area contributed by atoms with E-state index in [-0.39, 0.29) is 25.1 Å². The third kappa shape index (κ3) is 3.87. The summed E-state index contributed by atoms with van der Waals surface area (Å²) >= 11 is 12.3. The van der Waals surface area contributed by atoms with Crippen molar-refractivity contribution >= 4 is 44.7 Å². The highest BCUT2D eigenvalue weighted by Gasteiger charge is 2.26. The fourth-order valence-corrected chi connectivity index (χ4v) is 6.11. The van der Waals surface area contributed by atoms with E-state index >= 15 is 0 Å². The van der Waals surface area contributed by atoms with E-state index in [2.05, 4.69) is 0 Å². The summed E-state index contributed by atoms with van der Waals surface area (Å²) in [5.41, 5.74) is 4.18. The lowest BCUT2D eigenvalue weighted by Crippen LogP contribution is -1.93. The standard InChI is InChI=1S/C34H20Cl2O6/c35-19-5-1-17(2-6-19)21-9-27(37)33(25-13-31-29(11-23(21)25)39-15-41-31)34-26-14-32-30(40-16-42-32)12-24(26)22(10-28(34)38)18-3-7-20(36)8-4-18/h1-14,37-38H,15-16H2. The van der Waals surface area contributed by atoms with Gasteiger partial charge in [-0.3, -0.25) is 0 Å². The summed E-state index contributed by atoms with van der Waals surface area (Å²) in [5.74, 6) is 2.28. The molecule has 2 heterocycles. The van der Waals surface area contributed by atoms with Crippen LogP contribution in [0.1, 0.15) is 0 Å². The summed E-state index contributed by atoms with van der Waals surface area (Å²) in [5, 5.41) is 27.6. The van der Waals surface area contributed by atoms with Gasteiger partial charge in [-0.1, -0.05) is 47.5 Å². The zero-order chi connectivity index (χ0) is 28.5. The molecular weight excluding hydrogens is 575 g/mol. The third-order valence-corrected chi connectivity index (χ3v) is 8.28. The number of fused-ring (bicyclic) bond motifs is 4. The molecule has 6 nitrogen and oxygen atoms in total. The smallest absolute Gasteiger partial charge is 0.231 e. The SMILES string of the molecule is Oc1cc(-c2ccc(Cl)cc2)c2cc3c(cc2c1-c1c(O)cc(-c2ccc(Cl)cc2)c2cc4c(cc12)OCO4)OCO3. The monoisotopic (exact) mass is 594 g/mol. The lowest BCUT2D eigenvalue weighted by atomic mass is 9.86. The highest BCUT2D eigenvalue weighted by Crippen LogP contribution is 2.53. The molecule has 0 saturated heterocycles. The minimum atomic E-state index is -0.0141. The van der Waals surface area contributed by atoms with E-state index in [9.17, 15) is 10.2 Å². The quantitative estimate of drug-likeness (QED) is 0.213. The summed E-state index contributed by atoms with van der Waals surface area (Å²) < 4.78 is 22.9. The van der Waals surface area contributed by atoms with Crippen molar-refractivity contribution < 1.29 is 29.2 Å². The molecule has 2 aliphatic rings. The van der Waals surface area contributed by atoms with E-state index < -0.39 is 0 Å². The van der Waals surface area contributed by atoms with Gasteiger partial charge in [0, 0.05) is 21.2 Å². The molecule has 0 amide bonds. The van der Waals surface area contributed by atoms with Crippen LogP contribution >= 0.6 is 23.2 Å². The largest absolute Gasteiger partial charge is 0.507 e. The van der Waals surface area contributed by atoms with Crippen LogP contribution in [0.25, 0.3) is 54.9 Å². The molecule has 2 N–H and O–H groups in total. The van der Waals surface area contributed by atoms with E-state index in [1.807, 2.05) is 48.5 Å². The number of hydrogen-bond acceptors (Lipinski definition) is 6. The Labute approximate surface area is 249 Å². The minimum Gasteiger partial charge on any atom is -0.507 e. The average Bonchev–Trinajstić information content (AvgIpc) is 3.65. The Bertz CT molecular complexity index is 1920. The van der Waals surface area contributed by atoms with Gasteiger partial charge in [-0.2, -0.15) is 0 Å².